The van der Waals surface area contributed by atoms with Crippen LogP contribution in [0.3, 0.4) is 0 Å². The number of benzene rings is 1. The monoisotopic (exact) mass is 272 g/mol. The van der Waals surface area contributed by atoms with Gasteiger partial charge < -0.3 is 14.6 Å². The van der Waals surface area contributed by atoms with E-state index in [1.54, 1.807) is 26.2 Å². The van der Waals surface area contributed by atoms with Crippen molar-refractivity contribution in [1.82, 2.24) is 0 Å². The predicted octanol–water partition coefficient (Wildman–Crippen LogP) is 2.76. The molecule has 1 rings (SSSR count). The molecule has 0 amide bonds. The standard InChI is InChI=1S/C13H17ClO4/c1-8(13(15)16)4-9-5-11(14)12(18-3)6-10(9)7-17-2/h5-6,8H,4,7H2,1-3H3,(H,15,16). The minimum Gasteiger partial charge on any atom is -0.495 e. The van der Waals surface area contributed by atoms with Crippen molar-refractivity contribution in [3.05, 3.63) is 28.3 Å². The molecule has 0 spiro atoms. The molecule has 0 radical (unpaired) electrons. The quantitative estimate of drug-likeness (QED) is 0.865. The van der Waals surface area contributed by atoms with Crippen molar-refractivity contribution in [2.75, 3.05) is 14.2 Å². The van der Waals surface area contributed by atoms with Crippen LogP contribution in [-0.2, 0) is 22.6 Å². The fraction of sp³-hybridized carbons (Fsp3) is 0.462. The Balaban J connectivity index is 3.08. The van der Waals surface area contributed by atoms with Crippen molar-refractivity contribution in [3.63, 3.8) is 0 Å². The minimum absolute atomic E-state index is 0.398. The summed E-state index contributed by atoms with van der Waals surface area (Å²) in [4.78, 5) is 10.9. The highest BCUT2D eigenvalue weighted by Crippen LogP contribution is 2.29. The number of hydrogen-bond donors (Lipinski definition) is 1. The highest BCUT2D eigenvalue weighted by molar-refractivity contribution is 6.32. The third-order valence-corrected chi connectivity index (χ3v) is 3.02. The number of carboxylic acid groups (broad SMARTS) is 1. The number of aliphatic carboxylic acids is 1. The Morgan fingerprint density at radius 3 is 2.56 bits per heavy atom. The van der Waals surface area contributed by atoms with Crippen LogP contribution in [0.2, 0.25) is 5.02 Å². The van der Waals surface area contributed by atoms with Gasteiger partial charge in [0.1, 0.15) is 5.75 Å². The fourth-order valence-corrected chi connectivity index (χ4v) is 1.95. The van der Waals surface area contributed by atoms with E-state index >= 15 is 0 Å². The summed E-state index contributed by atoms with van der Waals surface area (Å²) in [6, 6.07) is 3.53. The van der Waals surface area contributed by atoms with Gasteiger partial charge in [-0.05, 0) is 29.7 Å². The zero-order chi connectivity index (χ0) is 13.7. The molecule has 0 aliphatic carbocycles. The van der Waals surface area contributed by atoms with Crippen LogP contribution in [0.5, 0.6) is 5.75 Å². The number of methoxy groups -OCH3 is 2. The van der Waals surface area contributed by atoms with Gasteiger partial charge >= 0.3 is 5.97 Å². The molecule has 0 aromatic heterocycles. The van der Waals surface area contributed by atoms with E-state index in [9.17, 15) is 4.79 Å². The van der Waals surface area contributed by atoms with Crippen LogP contribution >= 0.6 is 11.6 Å². The van der Waals surface area contributed by atoms with Gasteiger partial charge in [0, 0.05) is 7.11 Å². The van der Waals surface area contributed by atoms with Gasteiger partial charge in [-0.3, -0.25) is 4.79 Å². The predicted molar refractivity (Wildman–Crippen MR) is 69.2 cm³/mol. The molecule has 0 aliphatic rings. The molecule has 0 bridgehead atoms. The maximum absolute atomic E-state index is 10.9. The molecule has 0 heterocycles. The number of ether oxygens (including phenoxy) is 2. The molecule has 1 N–H and O–H groups in total. The van der Waals surface area contributed by atoms with Crippen LogP contribution in [-0.4, -0.2) is 25.3 Å². The van der Waals surface area contributed by atoms with Crippen molar-refractivity contribution in [3.8, 4) is 5.75 Å². The molecule has 18 heavy (non-hydrogen) atoms. The summed E-state index contributed by atoms with van der Waals surface area (Å²) in [7, 11) is 3.13. The summed E-state index contributed by atoms with van der Waals surface area (Å²) in [5.41, 5.74) is 1.77. The van der Waals surface area contributed by atoms with Crippen LogP contribution in [0.15, 0.2) is 12.1 Å². The zero-order valence-corrected chi connectivity index (χ0v) is 11.5. The molecule has 1 aromatic rings. The van der Waals surface area contributed by atoms with Crippen molar-refractivity contribution in [2.24, 2.45) is 5.92 Å². The maximum atomic E-state index is 10.9. The molecule has 1 unspecified atom stereocenters. The lowest BCUT2D eigenvalue weighted by molar-refractivity contribution is -0.141. The van der Waals surface area contributed by atoms with Crippen molar-refractivity contribution in [1.29, 1.82) is 0 Å². The van der Waals surface area contributed by atoms with E-state index in [0.29, 0.717) is 23.8 Å². The lowest BCUT2D eigenvalue weighted by Crippen LogP contribution is -2.13. The first-order valence-electron chi connectivity index (χ1n) is 5.56. The lowest BCUT2D eigenvalue weighted by atomic mass is 9.97. The van der Waals surface area contributed by atoms with E-state index < -0.39 is 11.9 Å². The van der Waals surface area contributed by atoms with Gasteiger partial charge in [-0.15, -0.1) is 0 Å². The summed E-state index contributed by atoms with van der Waals surface area (Å²) < 4.78 is 10.2. The molecule has 4 nitrogen and oxygen atoms in total. The topological polar surface area (TPSA) is 55.8 Å². The largest absolute Gasteiger partial charge is 0.495 e. The molecule has 0 saturated heterocycles. The summed E-state index contributed by atoms with van der Waals surface area (Å²) >= 11 is 6.05. The number of rotatable bonds is 6. The van der Waals surface area contributed by atoms with Crippen molar-refractivity contribution < 1.29 is 19.4 Å². The molecule has 0 fully saturated rings. The highest BCUT2D eigenvalue weighted by Gasteiger charge is 2.16. The number of carboxylic acids is 1. The van der Waals surface area contributed by atoms with Crippen LogP contribution in [0.4, 0.5) is 0 Å². The van der Waals surface area contributed by atoms with E-state index in [1.165, 1.54) is 7.11 Å². The van der Waals surface area contributed by atoms with E-state index in [4.69, 9.17) is 26.2 Å². The van der Waals surface area contributed by atoms with E-state index in [0.717, 1.165) is 11.1 Å². The molecule has 1 aromatic carbocycles. The maximum Gasteiger partial charge on any atom is 0.306 e. The first kappa shape index (κ1) is 14.8. The molecular weight excluding hydrogens is 256 g/mol. The molecule has 5 heteroatoms. The second-order valence-electron chi connectivity index (χ2n) is 4.13. The first-order valence-corrected chi connectivity index (χ1v) is 5.94. The van der Waals surface area contributed by atoms with Gasteiger partial charge in [0.2, 0.25) is 0 Å². The Bertz CT molecular complexity index is 431. The normalized spacial score (nSPS) is 12.2. The second kappa shape index (κ2) is 6.61. The van der Waals surface area contributed by atoms with Gasteiger partial charge in [-0.1, -0.05) is 18.5 Å². The van der Waals surface area contributed by atoms with Crippen LogP contribution in [0, 0.1) is 5.92 Å². The Kier molecular flexibility index (Phi) is 5.44. The average molecular weight is 273 g/mol. The summed E-state index contributed by atoms with van der Waals surface area (Å²) in [5, 5.41) is 9.42. The summed E-state index contributed by atoms with van der Waals surface area (Å²) in [6.07, 6.45) is 0.414. The number of halogens is 1. The van der Waals surface area contributed by atoms with Crippen molar-refractivity contribution in [2.45, 2.75) is 20.0 Å². The average Bonchev–Trinajstić information content (AvgIpc) is 2.32. The third-order valence-electron chi connectivity index (χ3n) is 2.72. The number of hydrogen-bond acceptors (Lipinski definition) is 3. The Hall–Kier alpha value is -1.26. The SMILES string of the molecule is COCc1cc(OC)c(Cl)cc1CC(C)C(=O)O. The molecule has 100 valence electrons. The summed E-state index contributed by atoms with van der Waals surface area (Å²) in [5.74, 6) is -0.731. The van der Waals surface area contributed by atoms with Gasteiger partial charge in [-0.2, -0.15) is 0 Å². The van der Waals surface area contributed by atoms with Crippen LogP contribution in [0.1, 0.15) is 18.1 Å². The molecule has 1 atom stereocenters. The van der Waals surface area contributed by atoms with Gasteiger partial charge in [0.15, 0.2) is 0 Å². The summed E-state index contributed by atoms with van der Waals surface area (Å²) in [6.45, 7) is 2.06. The Labute approximate surface area is 111 Å². The number of carbonyl (C=O) groups is 1. The molecular formula is C13H17ClO4. The van der Waals surface area contributed by atoms with Gasteiger partial charge in [-0.25, -0.2) is 0 Å². The fourth-order valence-electron chi connectivity index (χ4n) is 1.69. The van der Waals surface area contributed by atoms with E-state index in [2.05, 4.69) is 0 Å². The van der Waals surface area contributed by atoms with Crippen LogP contribution < -0.4 is 4.74 Å². The highest BCUT2D eigenvalue weighted by atomic mass is 35.5. The van der Waals surface area contributed by atoms with E-state index in [-0.39, 0.29) is 0 Å². The molecule has 0 aliphatic heterocycles. The third kappa shape index (κ3) is 3.62. The molecule has 0 saturated carbocycles. The smallest absolute Gasteiger partial charge is 0.306 e. The zero-order valence-electron chi connectivity index (χ0n) is 10.7. The Morgan fingerprint density at radius 1 is 1.39 bits per heavy atom. The van der Waals surface area contributed by atoms with Gasteiger partial charge in [0.05, 0.1) is 24.7 Å². The Morgan fingerprint density at radius 2 is 2.06 bits per heavy atom. The minimum atomic E-state index is -0.828. The lowest BCUT2D eigenvalue weighted by Gasteiger charge is -2.14. The first-order chi connectivity index (χ1) is 8.49. The second-order valence-corrected chi connectivity index (χ2v) is 4.54. The van der Waals surface area contributed by atoms with E-state index in [1.807, 2.05) is 0 Å². The van der Waals surface area contributed by atoms with Crippen molar-refractivity contribution >= 4 is 17.6 Å². The van der Waals surface area contributed by atoms with Crippen LogP contribution in [0.25, 0.3) is 0 Å². The van der Waals surface area contributed by atoms with Gasteiger partial charge in [0.25, 0.3) is 0 Å².